The van der Waals surface area contributed by atoms with Crippen LogP contribution in [0.3, 0.4) is 0 Å². The molecule has 2 aliphatic heterocycles. The average Bonchev–Trinajstić information content (AvgIpc) is 2.82. The van der Waals surface area contributed by atoms with Crippen LogP contribution in [0.1, 0.15) is 24.8 Å². The van der Waals surface area contributed by atoms with Crippen LogP contribution in [0.4, 0.5) is 5.69 Å². The molecule has 0 aromatic heterocycles. The number of nitrogens with zero attached hydrogens (tertiary/aromatic N) is 2. The molecular weight excluding hydrogens is 220 g/mol. The van der Waals surface area contributed by atoms with Crippen LogP contribution < -0.4 is 4.90 Å². The Morgan fingerprint density at radius 3 is 2.44 bits per heavy atom. The fourth-order valence-electron chi connectivity index (χ4n) is 4.16. The van der Waals surface area contributed by atoms with Crippen LogP contribution >= 0.6 is 0 Å². The second-order valence-corrected chi connectivity index (χ2v) is 6.49. The second-order valence-electron chi connectivity index (χ2n) is 6.49. The van der Waals surface area contributed by atoms with E-state index in [1.165, 1.54) is 51.1 Å². The number of piperidine rings is 1. The minimum absolute atomic E-state index is 0.526. The number of hydrogen-bond acceptors (Lipinski definition) is 2. The van der Waals surface area contributed by atoms with Gasteiger partial charge in [0, 0.05) is 37.3 Å². The average molecular weight is 242 g/mol. The summed E-state index contributed by atoms with van der Waals surface area (Å²) in [7, 11) is 2.26. The third kappa shape index (κ3) is 1.51. The van der Waals surface area contributed by atoms with Gasteiger partial charge >= 0.3 is 0 Å². The zero-order valence-electron chi connectivity index (χ0n) is 11.2. The van der Waals surface area contributed by atoms with E-state index in [0.717, 1.165) is 5.92 Å². The Balaban J connectivity index is 1.57. The minimum atomic E-state index is 0.526. The molecule has 0 amide bonds. The summed E-state index contributed by atoms with van der Waals surface area (Å²) in [6, 6.07) is 9.49. The van der Waals surface area contributed by atoms with E-state index in [0.29, 0.717) is 5.41 Å². The first-order valence-electron chi connectivity index (χ1n) is 7.32. The van der Waals surface area contributed by atoms with E-state index in [1.807, 2.05) is 0 Å². The van der Waals surface area contributed by atoms with Crippen LogP contribution in [0.15, 0.2) is 24.3 Å². The maximum atomic E-state index is 2.52. The highest BCUT2D eigenvalue weighted by atomic mass is 15.2. The van der Waals surface area contributed by atoms with Gasteiger partial charge in [0.15, 0.2) is 0 Å². The molecule has 2 nitrogen and oxygen atoms in total. The van der Waals surface area contributed by atoms with Gasteiger partial charge < -0.3 is 9.80 Å². The number of likely N-dealkylation sites (tertiary alicyclic amines) is 1. The quantitative estimate of drug-likeness (QED) is 0.786. The number of fused-ring (bicyclic) bond motifs is 1. The molecule has 2 saturated heterocycles. The smallest absolute Gasteiger partial charge is 0.0366 e. The van der Waals surface area contributed by atoms with Crippen molar-refractivity contribution in [2.24, 2.45) is 5.92 Å². The van der Waals surface area contributed by atoms with Gasteiger partial charge in [-0.3, -0.25) is 0 Å². The zero-order chi connectivity index (χ0) is 12.2. The third-order valence-corrected chi connectivity index (χ3v) is 5.23. The SMILES string of the molecule is CN1CC2CC2(c2ccc(N3CCCC3)cc2)C1. The molecule has 1 aromatic rings. The predicted octanol–water partition coefficient (Wildman–Crippen LogP) is 2.49. The van der Waals surface area contributed by atoms with Crippen LogP contribution in [0.2, 0.25) is 0 Å². The maximum absolute atomic E-state index is 2.52. The first-order chi connectivity index (χ1) is 8.78. The Labute approximate surface area is 110 Å². The molecule has 96 valence electrons. The second kappa shape index (κ2) is 3.74. The van der Waals surface area contributed by atoms with E-state index in [9.17, 15) is 0 Å². The lowest BCUT2D eigenvalue weighted by Crippen LogP contribution is -2.22. The monoisotopic (exact) mass is 242 g/mol. The van der Waals surface area contributed by atoms with Crippen LogP contribution in [-0.4, -0.2) is 38.1 Å². The van der Waals surface area contributed by atoms with Crippen LogP contribution in [0.5, 0.6) is 0 Å². The molecule has 3 fully saturated rings. The lowest BCUT2D eigenvalue weighted by Gasteiger charge is -2.20. The van der Waals surface area contributed by atoms with Gasteiger partial charge in [-0.25, -0.2) is 0 Å². The van der Waals surface area contributed by atoms with Gasteiger partial charge in [-0.2, -0.15) is 0 Å². The van der Waals surface area contributed by atoms with Gasteiger partial charge in [0.2, 0.25) is 0 Å². The summed E-state index contributed by atoms with van der Waals surface area (Å²) in [5.74, 6) is 0.931. The lowest BCUT2D eigenvalue weighted by molar-refractivity contribution is 0.363. The Hall–Kier alpha value is -1.02. The highest BCUT2D eigenvalue weighted by molar-refractivity contribution is 5.51. The van der Waals surface area contributed by atoms with Gasteiger partial charge in [-0.05, 0) is 49.9 Å². The normalized spacial score (nSPS) is 34.9. The van der Waals surface area contributed by atoms with Gasteiger partial charge in [0.05, 0.1) is 0 Å². The lowest BCUT2D eigenvalue weighted by atomic mass is 9.95. The van der Waals surface area contributed by atoms with E-state index in [1.54, 1.807) is 5.56 Å². The van der Waals surface area contributed by atoms with Crippen molar-refractivity contribution in [1.82, 2.24) is 4.90 Å². The van der Waals surface area contributed by atoms with E-state index in [-0.39, 0.29) is 0 Å². The first kappa shape index (κ1) is 10.9. The number of anilines is 1. The summed E-state index contributed by atoms with van der Waals surface area (Å²) in [4.78, 5) is 5.01. The van der Waals surface area contributed by atoms with Crippen molar-refractivity contribution >= 4 is 5.69 Å². The molecule has 0 spiro atoms. The molecule has 0 N–H and O–H groups in total. The van der Waals surface area contributed by atoms with Gasteiger partial charge in [-0.15, -0.1) is 0 Å². The van der Waals surface area contributed by atoms with Crippen molar-refractivity contribution in [3.8, 4) is 0 Å². The van der Waals surface area contributed by atoms with Crippen LogP contribution in [0, 0.1) is 5.92 Å². The number of rotatable bonds is 2. The standard InChI is InChI=1S/C16H22N2/c1-17-11-14-10-16(14,12-17)13-4-6-15(7-5-13)18-8-2-3-9-18/h4-7,14H,2-3,8-12H2,1H3. The molecule has 1 aromatic carbocycles. The van der Waals surface area contributed by atoms with Gasteiger partial charge in [-0.1, -0.05) is 12.1 Å². The summed E-state index contributed by atoms with van der Waals surface area (Å²) < 4.78 is 0. The van der Waals surface area contributed by atoms with Gasteiger partial charge in [0.1, 0.15) is 0 Å². The molecule has 1 aliphatic carbocycles. The highest BCUT2D eigenvalue weighted by Gasteiger charge is 2.59. The Bertz CT molecular complexity index is 447. The molecular formula is C16H22N2. The Morgan fingerprint density at radius 2 is 1.83 bits per heavy atom. The van der Waals surface area contributed by atoms with Crippen molar-refractivity contribution in [2.75, 3.05) is 38.1 Å². The van der Waals surface area contributed by atoms with E-state index >= 15 is 0 Å². The maximum Gasteiger partial charge on any atom is 0.0366 e. The summed E-state index contributed by atoms with van der Waals surface area (Å²) in [5.41, 5.74) is 3.54. The van der Waals surface area contributed by atoms with Crippen LogP contribution in [0.25, 0.3) is 0 Å². The third-order valence-electron chi connectivity index (χ3n) is 5.23. The van der Waals surface area contributed by atoms with E-state index < -0.39 is 0 Å². The molecule has 0 radical (unpaired) electrons. The Morgan fingerprint density at radius 1 is 1.11 bits per heavy atom. The van der Waals surface area contributed by atoms with Crippen molar-refractivity contribution < 1.29 is 0 Å². The number of hydrogen-bond donors (Lipinski definition) is 0. The number of benzene rings is 1. The van der Waals surface area contributed by atoms with E-state index in [4.69, 9.17) is 0 Å². The van der Waals surface area contributed by atoms with Crippen molar-refractivity contribution in [1.29, 1.82) is 0 Å². The summed E-state index contributed by atoms with van der Waals surface area (Å²) >= 11 is 0. The topological polar surface area (TPSA) is 6.48 Å². The largest absolute Gasteiger partial charge is 0.372 e. The molecule has 2 heterocycles. The zero-order valence-corrected chi connectivity index (χ0v) is 11.2. The molecule has 3 aliphatic rings. The van der Waals surface area contributed by atoms with Gasteiger partial charge in [0.25, 0.3) is 0 Å². The van der Waals surface area contributed by atoms with Crippen LogP contribution in [-0.2, 0) is 5.41 Å². The molecule has 4 rings (SSSR count). The fraction of sp³-hybridized carbons (Fsp3) is 0.625. The Kier molecular flexibility index (Phi) is 2.25. The highest BCUT2D eigenvalue weighted by Crippen LogP contribution is 2.58. The molecule has 2 heteroatoms. The van der Waals surface area contributed by atoms with Crippen molar-refractivity contribution in [3.05, 3.63) is 29.8 Å². The molecule has 0 bridgehead atoms. The molecule has 1 saturated carbocycles. The minimum Gasteiger partial charge on any atom is -0.372 e. The molecule has 2 unspecified atom stereocenters. The molecule has 2 atom stereocenters. The van der Waals surface area contributed by atoms with E-state index in [2.05, 4.69) is 41.1 Å². The summed E-state index contributed by atoms with van der Waals surface area (Å²) in [6.45, 7) is 5.06. The first-order valence-corrected chi connectivity index (χ1v) is 7.32. The summed E-state index contributed by atoms with van der Waals surface area (Å²) in [5, 5.41) is 0. The fourth-order valence-corrected chi connectivity index (χ4v) is 4.16. The van der Waals surface area contributed by atoms with Crippen molar-refractivity contribution in [3.63, 3.8) is 0 Å². The number of likely N-dealkylation sites (N-methyl/N-ethyl adjacent to an activating group) is 1. The summed E-state index contributed by atoms with van der Waals surface area (Å²) in [6.07, 6.45) is 4.14. The van der Waals surface area contributed by atoms with Crippen molar-refractivity contribution in [2.45, 2.75) is 24.7 Å². The molecule has 18 heavy (non-hydrogen) atoms. The predicted molar refractivity (Wildman–Crippen MR) is 75.2 cm³/mol.